The van der Waals surface area contributed by atoms with Gasteiger partial charge in [0, 0.05) is 6.04 Å². The highest BCUT2D eigenvalue weighted by molar-refractivity contribution is 4.85. The van der Waals surface area contributed by atoms with Crippen LogP contribution >= 0.6 is 0 Å². The number of rotatable bonds is 3. The van der Waals surface area contributed by atoms with Crippen molar-refractivity contribution in [2.75, 3.05) is 6.61 Å². The highest BCUT2D eigenvalue weighted by Crippen LogP contribution is 2.24. The van der Waals surface area contributed by atoms with Crippen LogP contribution < -0.4 is 5.32 Å². The van der Waals surface area contributed by atoms with Gasteiger partial charge < -0.3 is 4.74 Å². The standard InChI is InChI=1S/C10H21NO/c1-5-9-7-12-10(4,11-9)6-8(2)3/h8-9,11H,5-7H2,1-4H3. The lowest BCUT2D eigenvalue weighted by Gasteiger charge is -2.26. The topological polar surface area (TPSA) is 21.3 Å². The molecular formula is C10H21NO. The fourth-order valence-corrected chi connectivity index (χ4v) is 1.92. The van der Waals surface area contributed by atoms with Crippen LogP contribution in [0.25, 0.3) is 0 Å². The van der Waals surface area contributed by atoms with Crippen LogP contribution in [0.2, 0.25) is 0 Å². The molecule has 0 saturated carbocycles. The Labute approximate surface area is 75.7 Å². The van der Waals surface area contributed by atoms with E-state index in [0.29, 0.717) is 12.0 Å². The molecule has 72 valence electrons. The summed E-state index contributed by atoms with van der Waals surface area (Å²) >= 11 is 0. The van der Waals surface area contributed by atoms with Crippen molar-refractivity contribution < 1.29 is 4.74 Å². The van der Waals surface area contributed by atoms with Crippen LogP contribution in [0.15, 0.2) is 0 Å². The molecule has 0 aromatic heterocycles. The molecule has 12 heavy (non-hydrogen) atoms. The van der Waals surface area contributed by atoms with Gasteiger partial charge >= 0.3 is 0 Å². The van der Waals surface area contributed by atoms with Gasteiger partial charge in [-0.3, -0.25) is 5.32 Å². The molecule has 0 spiro atoms. The molecule has 2 atom stereocenters. The van der Waals surface area contributed by atoms with Crippen molar-refractivity contribution in [2.24, 2.45) is 5.92 Å². The first-order valence-electron chi connectivity index (χ1n) is 4.97. The zero-order chi connectivity index (χ0) is 9.19. The quantitative estimate of drug-likeness (QED) is 0.702. The molecule has 0 aromatic carbocycles. The lowest BCUT2D eigenvalue weighted by Crippen LogP contribution is -2.42. The summed E-state index contributed by atoms with van der Waals surface area (Å²) in [5.74, 6) is 0.693. The first-order chi connectivity index (χ1) is 5.56. The Balaban J connectivity index is 2.41. The van der Waals surface area contributed by atoms with Gasteiger partial charge in [0.15, 0.2) is 0 Å². The van der Waals surface area contributed by atoms with Gasteiger partial charge in [-0.15, -0.1) is 0 Å². The number of hydrogen-bond acceptors (Lipinski definition) is 2. The van der Waals surface area contributed by atoms with E-state index in [0.717, 1.165) is 19.4 Å². The van der Waals surface area contributed by atoms with Gasteiger partial charge in [0.2, 0.25) is 0 Å². The maximum absolute atomic E-state index is 5.74. The third kappa shape index (κ3) is 2.46. The van der Waals surface area contributed by atoms with Crippen LogP contribution in [0.4, 0.5) is 0 Å². The molecule has 0 aliphatic carbocycles. The van der Waals surface area contributed by atoms with E-state index in [9.17, 15) is 0 Å². The van der Waals surface area contributed by atoms with Crippen molar-refractivity contribution in [3.05, 3.63) is 0 Å². The summed E-state index contributed by atoms with van der Waals surface area (Å²) in [6.45, 7) is 9.69. The van der Waals surface area contributed by atoms with E-state index >= 15 is 0 Å². The smallest absolute Gasteiger partial charge is 0.117 e. The normalized spacial score (nSPS) is 36.2. The minimum absolute atomic E-state index is 0.0607. The van der Waals surface area contributed by atoms with Crippen molar-refractivity contribution in [2.45, 2.75) is 52.3 Å². The molecule has 1 saturated heterocycles. The maximum Gasteiger partial charge on any atom is 0.117 e. The number of nitrogens with one attached hydrogen (secondary N) is 1. The van der Waals surface area contributed by atoms with E-state index in [1.807, 2.05) is 0 Å². The summed E-state index contributed by atoms with van der Waals surface area (Å²) in [7, 11) is 0. The maximum atomic E-state index is 5.74. The minimum atomic E-state index is -0.0607. The zero-order valence-corrected chi connectivity index (χ0v) is 8.68. The minimum Gasteiger partial charge on any atom is -0.359 e. The molecule has 2 nitrogen and oxygen atoms in total. The first-order valence-corrected chi connectivity index (χ1v) is 4.97. The lowest BCUT2D eigenvalue weighted by molar-refractivity contribution is -0.00999. The lowest BCUT2D eigenvalue weighted by atomic mass is 10.0. The Morgan fingerprint density at radius 2 is 2.25 bits per heavy atom. The molecule has 0 bridgehead atoms. The number of hydrogen-bond donors (Lipinski definition) is 1. The SMILES string of the molecule is CCC1COC(C)(CC(C)C)N1. The van der Waals surface area contributed by atoms with E-state index in [1.165, 1.54) is 0 Å². The summed E-state index contributed by atoms with van der Waals surface area (Å²) in [6.07, 6.45) is 2.26. The molecule has 1 heterocycles. The summed E-state index contributed by atoms with van der Waals surface area (Å²) < 4.78 is 5.74. The average Bonchev–Trinajstić information content (AvgIpc) is 2.30. The molecular weight excluding hydrogens is 150 g/mol. The molecule has 1 fully saturated rings. The van der Waals surface area contributed by atoms with E-state index < -0.39 is 0 Å². The molecule has 0 radical (unpaired) electrons. The van der Waals surface area contributed by atoms with E-state index in [1.54, 1.807) is 0 Å². The van der Waals surface area contributed by atoms with E-state index in [2.05, 4.69) is 33.0 Å². The average molecular weight is 171 g/mol. The van der Waals surface area contributed by atoms with Crippen LogP contribution in [-0.2, 0) is 4.74 Å². The molecule has 2 heteroatoms. The second-order valence-corrected chi connectivity index (χ2v) is 4.39. The third-order valence-electron chi connectivity index (χ3n) is 2.40. The van der Waals surface area contributed by atoms with Gasteiger partial charge in [-0.1, -0.05) is 20.8 Å². The van der Waals surface area contributed by atoms with Gasteiger partial charge in [0.25, 0.3) is 0 Å². The van der Waals surface area contributed by atoms with Gasteiger partial charge in [-0.05, 0) is 25.7 Å². The van der Waals surface area contributed by atoms with Crippen LogP contribution in [0, 0.1) is 5.92 Å². The van der Waals surface area contributed by atoms with Crippen LogP contribution in [0.1, 0.15) is 40.5 Å². The molecule has 1 aliphatic heterocycles. The van der Waals surface area contributed by atoms with Crippen molar-refractivity contribution in [1.82, 2.24) is 5.32 Å². The van der Waals surface area contributed by atoms with Crippen molar-refractivity contribution in [1.29, 1.82) is 0 Å². The first kappa shape index (κ1) is 10.0. The second-order valence-electron chi connectivity index (χ2n) is 4.39. The van der Waals surface area contributed by atoms with E-state index in [4.69, 9.17) is 4.74 Å². The van der Waals surface area contributed by atoms with Crippen molar-refractivity contribution in [3.63, 3.8) is 0 Å². The fourth-order valence-electron chi connectivity index (χ4n) is 1.92. The van der Waals surface area contributed by atoms with Crippen LogP contribution in [0.3, 0.4) is 0 Å². The predicted molar refractivity (Wildman–Crippen MR) is 51.0 cm³/mol. The Morgan fingerprint density at radius 3 is 2.67 bits per heavy atom. The van der Waals surface area contributed by atoms with Gasteiger partial charge in [-0.25, -0.2) is 0 Å². The van der Waals surface area contributed by atoms with E-state index in [-0.39, 0.29) is 5.72 Å². The second kappa shape index (κ2) is 3.75. The molecule has 0 aromatic rings. The fraction of sp³-hybridized carbons (Fsp3) is 1.00. The third-order valence-corrected chi connectivity index (χ3v) is 2.40. The molecule has 0 amide bonds. The molecule has 1 N–H and O–H groups in total. The van der Waals surface area contributed by atoms with Crippen LogP contribution in [-0.4, -0.2) is 18.4 Å². The van der Waals surface area contributed by atoms with Crippen LogP contribution in [0.5, 0.6) is 0 Å². The molecule has 1 aliphatic rings. The van der Waals surface area contributed by atoms with Gasteiger partial charge in [0.05, 0.1) is 6.61 Å². The molecule has 2 unspecified atom stereocenters. The van der Waals surface area contributed by atoms with Gasteiger partial charge in [0.1, 0.15) is 5.72 Å². The Bertz CT molecular complexity index is 147. The van der Waals surface area contributed by atoms with Gasteiger partial charge in [-0.2, -0.15) is 0 Å². The monoisotopic (exact) mass is 171 g/mol. The highest BCUT2D eigenvalue weighted by Gasteiger charge is 2.34. The molecule has 1 rings (SSSR count). The summed E-state index contributed by atoms with van der Waals surface area (Å²) in [6, 6.07) is 0.564. The Kier molecular flexibility index (Phi) is 3.13. The zero-order valence-electron chi connectivity index (χ0n) is 8.68. The highest BCUT2D eigenvalue weighted by atomic mass is 16.5. The Morgan fingerprint density at radius 1 is 1.58 bits per heavy atom. The Hall–Kier alpha value is -0.0800. The summed E-state index contributed by atoms with van der Waals surface area (Å²) in [5.41, 5.74) is -0.0607. The predicted octanol–water partition coefficient (Wildman–Crippen LogP) is 2.15. The van der Waals surface area contributed by atoms with Crippen molar-refractivity contribution >= 4 is 0 Å². The summed E-state index contributed by atoms with van der Waals surface area (Å²) in [4.78, 5) is 0. The van der Waals surface area contributed by atoms with Crippen molar-refractivity contribution in [3.8, 4) is 0 Å². The number of ether oxygens (including phenoxy) is 1. The largest absolute Gasteiger partial charge is 0.359 e. The summed E-state index contributed by atoms with van der Waals surface area (Å²) in [5, 5.41) is 3.53.